The van der Waals surface area contributed by atoms with Gasteiger partial charge in [0.1, 0.15) is 11.5 Å². The van der Waals surface area contributed by atoms with Gasteiger partial charge in [-0.3, -0.25) is 9.52 Å². The van der Waals surface area contributed by atoms with E-state index in [1.807, 2.05) is 18.2 Å². The number of hydrogen-bond donors (Lipinski definition) is 2. The Kier molecular flexibility index (Phi) is 6.36. The highest BCUT2D eigenvalue weighted by molar-refractivity contribution is 7.92. The van der Waals surface area contributed by atoms with Gasteiger partial charge in [-0.25, -0.2) is 8.42 Å². The van der Waals surface area contributed by atoms with Crippen molar-refractivity contribution in [2.75, 3.05) is 23.8 Å². The summed E-state index contributed by atoms with van der Waals surface area (Å²) in [5.41, 5.74) is 0.885. The molecule has 8 heteroatoms. The van der Waals surface area contributed by atoms with Crippen LogP contribution in [0.2, 0.25) is 0 Å². The van der Waals surface area contributed by atoms with Crippen LogP contribution in [0.3, 0.4) is 0 Å². The first-order valence-electron chi connectivity index (χ1n) is 8.71. The lowest BCUT2D eigenvalue weighted by molar-refractivity contribution is -0.118. The van der Waals surface area contributed by atoms with Crippen LogP contribution in [0.15, 0.2) is 83.8 Å². The number of hydrogen-bond acceptors (Lipinski definition) is 5. The lowest BCUT2D eigenvalue weighted by atomic mass is 10.3. The second kappa shape index (κ2) is 9.11. The number of methoxy groups -OCH3 is 1. The molecule has 3 aromatic rings. The predicted molar refractivity (Wildman–Crippen MR) is 111 cm³/mol. The Morgan fingerprint density at radius 3 is 2.07 bits per heavy atom. The maximum absolute atomic E-state index is 12.5. The summed E-state index contributed by atoms with van der Waals surface area (Å²) in [6.45, 7) is -0.150. The average Bonchev–Trinajstić information content (AvgIpc) is 2.74. The van der Waals surface area contributed by atoms with Gasteiger partial charge in [-0.1, -0.05) is 18.2 Å². The second-order valence-electron chi connectivity index (χ2n) is 6.01. The van der Waals surface area contributed by atoms with E-state index in [9.17, 15) is 13.2 Å². The van der Waals surface area contributed by atoms with Crippen LogP contribution in [0.4, 0.5) is 11.4 Å². The van der Waals surface area contributed by atoms with Crippen LogP contribution >= 0.6 is 0 Å². The number of ether oxygens (including phenoxy) is 2. The Morgan fingerprint density at radius 2 is 1.45 bits per heavy atom. The molecule has 0 aromatic heterocycles. The minimum atomic E-state index is -3.75. The summed E-state index contributed by atoms with van der Waals surface area (Å²) in [7, 11) is -2.22. The second-order valence-corrected chi connectivity index (χ2v) is 7.69. The molecular formula is C21H20N2O5S. The van der Waals surface area contributed by atoms with Crippen molar-refractivity contribution in [3.8, 4) is 11.5 Å². The zero-order valence-corrected chi connectivity index (χ0v) is 16.5. The molecule has 0 saturated carbocycles. The number of amides is 1. The van der Waals surface area contributed by atoms with Crippen molar-refractivity contribution in [1.82, 2.24) is 0 Å². The molecule has 3 aromatic carbocycles. The van der Waals surface area contributed by atoms with E-state index in [0.29, 0.717) is 22.9 Å². The van der Waals surface area contributed by atoms with E-state index in [2.05, 4.69) is 10.0 Å². The van der Waals surface area contributed by atoms with Crippen molar-refractivity contribution in [1.29, 1.82) is 0 Å². The van der Waals surface area contributed by atoms with E-state index in [0.717, 1.165) is 0 Å². The highest BCUT2D eigenvalue weighted by Gasteiger charge is 2.14. The molecule has 2 N–H and O–H groups in total. The van der Waals surface area contributed by atoms with Gasteiger partial charge >= 0.3 is 0 Å². The number of benzene rings is 3. The van der Waals surface area contributed by atoms with Gasteiger partial charge in [-0.2, -0.15) is 0 Å². The molecule has 0 spiro atoms. The Balaban J connectivity index is 1.58. The van der Waals surface area contributed by atoms with E-state index >= 15 is 0 Å². The molecule has 0 aliphatic heterocycles. The molecule has 7 nitrogen and oxygen atoms in total. The lowest BCUT2D eigenvalue weighted by Gasteiger charge is -2.10. The van der Waals surface area contributed by atoms with Crippen molar-refractivity contribution < 1.29 is 22.7 Å². The summed E-state index contributed by atoms with van der Waals surface area (Å²) in [4.78, 5) is 12.1. The molecule has 0 aliphatic rings. The van der Waals surface area contributed by atoms with Crippen molar-refractivity contribution >= 4 is 27.3 Å². The minimum Gasteiger partial charge on any atom is -0.497 e. The Morgan fingerprint density at radius 1 is 0.828 bits per heavy atom. The number of nitrogens with one attached hydrogen (secondary N) is 2. The van der Waals surface area contributed by atoms with Gasteiger partial charge < -0.3 is 14.8 Å². The van der Waals surface area contributed by atoms with Crippen molar-refractivity contribution in [2.45, 2.75) is 4.90 Å². The first kappa shape index (κ1) is 20.2. The summed E-state index contributed by atoms with van der Waals surface area (Å²) < 4.78 is 37.9. The summed E-state index contributed by atoms with van der Waals surface area (Å²) in [6, 6.07) is 21.4. The first-order chi connectivity index (χ1) is 14.0. The molecule has 1 amide bonds. The average molecular weight is 412 g/mol. The van der Waals surface area contributed by atoms with E-state index < -0.39 is 10.0 Å². The third-order valence-electron chi connectivity index (χ3n) is 3.90. The minimum absolute atomic E-state index is 0.0758. The lowest BCUT2D eigenvalue weighted by Crippen LogP contribution is -2.20. The number of rotatable bonds is 8. The third kappa shape index (κ3) is 5.73. The SMILES string of the molecule is COc1ccc(NS(=O)(=O)c2ccc(NC(=O)COc3ccccc3)cc2)cc1. The number of para-hydroxylation sites is 1. The smallest absolute Gasteiger partial charge is 0.262 e. The van der Waals surface area contributed by atoms with Crippen LogP contribution in [0.25, 0.3) is 0 Å². The van der Waals surface area contributed by atoms with Gasteiger partial charge in [0.05, 0.1) is 12.0 Å². The normalized spacial score (nSPS) is 10.8. The van der Waals surface area contributed by atoms with Gasteiger partial charge in [0.25, 0.3) is 15.9 Å². The number of carbonyl (C=O) groups is 1. The van der Waals surface area contributed by atoms with Crippen molar-refractivity contribution in [3.63, 3.8) is 0 Å². The topological polar surface area (TPSA) is 93.7 Å². The third-order valence-corrected chi connectivity index (χ3v) is 5.30. The molecule has 150 valence electrons. The maximum Gasteiger partial charge on any atom is 0.262 e. The highest BCUT2D eigenvalue weighted by atomic mass is 32.2. The zero-order valence-electron chi connectivity index (χ0n) is 15.7. The first-order valence-corrected chi connectivity index (χ1v) is 10.2. The molecule has 0 heterocycles. The Labute approximate surface area is 169 Å². The van der Waals surface area contributed by atoms with Crippen LogP contribution < -0.4 is 19.5 Å². The number of carbonyl (C=O) groups excluding carboxylic acids is 1. The van der Waals surface area contributed by atoms with Crippen LogP contribution in [-0.2, 0) is 14.8 Å². The fraction of sp³-hybridized carbons (Fsp3) is 0.0952. The van der Waals surface area contributed by atoms with Crippen LogP contribution in [0, 0.1) is 0 Å². The molecule has 0 bridgehead atoms. The Hall–Kier alpha value is -3.52. The maximum atomic E-state index is 12.5. The van der Waals surface area contributed by atoms with Crippen LogP contribution in [0.5, 0.6) is 11.5 Å². The summed E-state index contributed by atoms with van der Waals surface area (Å²) >= 11 is 0. The van der Waals surface area contributed by atoms with E-state index in [-0.39, 0.29) is 17.4 Å². The fourth-order valence-corrected chi connectivity index (χ4v) is 3.51. The van der Waals surface area contributed by atoms with Gasteiger partial charge in [0.2, 0.25) is 0 Å². The molecule has 0 radical (unpaired) electrons. The predicted octanol–water partition coefficient (Wildman–Crippen LogP) is 3.51. The van der Waals surface area contributed by atoms with Gasteiger partial charge in [-0.15, -0.1) is 0 Å². The highest BCUT2D eigenvalue weighted by Crippen LogP contribution is 2.20. The molecule has 29 heavy (non-hydrogen) atoms. The van der Waals surface area contributed by atoms with Gasteiger partial charge in [0.15, 0.2) is 6.61 Å². The van der Waals surface area contributed by atoms with Crippen LogP contribution in [-0.4, -0.2) is 28.0 Å². The Bertz CT molecular complexity index is 1050. The molecule has 0 fully saturated rings. The van der Waals surface area contributed by atoms with Crippen molar-refractivity contribution in [3.05, 3.63) is 78.9 Å². The molecule has 0 unspecified atom stereocenters. The molecular weight excluding hydrogens is 392 g/mol. The fourth-order valence-electron chi connectivity index (χ4n) is 2.45. The summed E-state index contributed by atoms with van der Waals surface area (Å²) in [6.07, 6.45) is 0. The standard InChI is InChI=1S/C21H20N2O5S/c1-27-18-11-7-17(8-12-18)23-29(25,26)20-13-9-16(10-14-20)22-21(24)15-28-19-5-3-2-4-6-19/h2-14,23H,15H2,1H3,(H,22,24). The zero-order chi connectivity index (χ0) is 20.7. The van der Waals surface area contributed by atoms with E-state index in [1.165, 1.54) is 31.4 Å². The van der Waals surface area contributed by atoms with Crippen molar-refractivity contribution in [2.24, 2.45) is 0 Å². The number of sulfonamides is 1. The van der Waals surface area contributed by atoms with E-state index in [1.54, 1.807) is 36.4 Å². The molecule has 0 aliphatic carbocycles. The monoisotopic (exact) mass is 412 g/mol. The molecule has 3 rings (SSSR count). The molecule has 0 atom stereocenters. The van der Waals surface area contributed by atoms with Crippen LogP contribution in [0.1, 0.15) is 0 Å². The van der Waals surface area contributed by atoms with Gasteiger partial charge in [-0.05, 0) is 60.7 Å². The van der Waals surface area contributed by atoms with E-state index in [4.69, 9.17) is 9.47 Å². The molecule has 0 saturated heterocycles. The quantitative estimate of drug-likeness (QED) is 0.591. The number of anilines is 2. The largest absolute Gasteiger partial charge is 0.497 e. The van der Waals surface area contributed by atoms with Gasteiger partial charge in [0, 0.05) is 11.4 Å². The summed E-state index contributed by atoms with van der Waals surface area (Å²) in [5, 5.41) is 2.66. The summed E-state index contributed by atoms with van der Waals surface area (Å²) in [5.74, 6) is 0.874.